The molecule has 24 heavy (non-hydrogen) atoms. The van der Waals surface area contributed by atoms with Gasteiger partial charge in [-0.25, -0.2) is 0 Å². The van der Waals surface area contributed by atoms with Gasteiger partial charge in [-0.15, -0.1) is 0 Å². The molecule has 0 aromatic heterocycles. The van der Waals surface area contributed by atoms with E-state index in [1.165, 1.54) is 0 Å². The molecule has 0 saturated heterocycles. The monoisotopic (exact) mass is 314 g/mol. The smallest absolute Gasteiger partial charge is 0.200 e. The normalized spacial score (nSPS) is 11.0. The molecule has 116 valence electrons. The second-order valence-corrected chi connectivity index (χ2v) is 5.69. The van der Waals surface area contributed by atoms with Gasteiger partial charge < -0.3 is 10.2 Å². The number of carbonyl (C=O) groups is 1. The molecular weight excluding hydrogens is 300 g/mol. The van der Waals surface area contributed by atoms with Crippen molar-refractivity contribution in [1.82, 2.24) is 0 Å². The zero-order chi connectivity index (χ0) is 16.7. The predicted octanol–water partition coefficient (Wildman–Crippen LogP) is 4.64. The maximum atomic E-state index is 12.9. The third-order valence-electron chi connectivity index (χ3n) is 4.29. The minimum atomic E-state index is -0.401. The molecule has 0 aliphatic heterocycles. The predicted molar refractivity (Wildman–Crippen MR) is 94.7 cm³/mol. The first kappa shape index (κ1) is 14.3. The number of rotatable bonds is 2. The van der Waals surface area contributed by atoms with Crippen molar-refractivity contribution in [1.29, 1.82) is 0 Å². The molecule has 0 aliphatic rings. The van der Waals surface area contributed by atoms with E-state index in [4.69, 9.17) is 0 Å². The summed E-state index contributed by atoms with van der Waals surface area (Å²) >= 11 is 0. The molecule has 4 aromatic carbocycles. The summed E-state index contributed by atoms with van der Waals surface area (Å²) in [5.41, 5.74) is 0.360. The standard InChI is InChI=1S/C21H14O3/c22-19-15-7-3-1-5-13(15)9-11-17(19)21(24)18-12-10-14-6-2-4-8-16(14)20(18)23/h1-12,22-23H. The van der Waals surface area contributed by atoms with Gasteiger partial charge in [0, 0.05) is 10.8 Å². The molecule has 4 aromatic rings. The summed E-state index contributed by atoms with van der Waals surface area (Å²) in [6.07, 6.45) is 0. The van der Waals surface area contributed by atoms with E-state index >= 15 is 0 Å². The zero-order valence-electron chi connectivity index (χ0n) is 12.7. The lowest BCUT2D eigenvalue weighted by molar-refractivity contribution is 0.103. The van der Waals surface area contributed by atoms with Crippen molar-refractivity contribution in [2.75, 3.05) is 0 Å². The highest BCUT2D eigenvalue weighted by atomic mass is 16.3. The van der Waals surface area contributed by atoms with Gasteiger partial charge in [0.25, 0.3) is 0 Å². The average molecular weight is 314 g/mol. The fraction of sp³-hybridized carbons (Fsp3) is 0. The van der Waals surface area contributed by atoms with Gasteiger partial charge in [-0.05, 0) is 22.9 Å². The summed E-state index contributed by atoms with van der Waals surface area (Å²) in [4.78, 5) is 12.9. The van der Waals surface area contributed by atoms with E-state index in [1.807, 2.05) is 36.4 Å². The fourth-order valence-electron chi connectivity index (χ4n) is 3.02. The van der Waals surface area contributed by atoms with Gasteiger partial charge in [-0.1, -0.05) is 60.7 Å². The number of fused-ring (bicyclic) bond motifs is 2. The Bertz CT molecular complexity index is 1010. The minimum absolute atomic E-state index is 0.0642. The van der Waals surface area contributed by atoms with Crippen molar-refractivity contribution >= 4 is 27.3 Å². The van der Waals surface area contributed by atoms with Gasteiger partial charge in [0.05, 0.1) is 11.1 Å². The summed E-state index contributed by atoms with van der Waals surface area (Å²) < 4.78 is 0. The van der Waals surface area contributed by atoms with Crippen LogP contribution in [0.4, 0.5) is 0 Å². The van der Waals surface area contributed by atoms with E-state index in [2.05, 4.69) is 0 Å². The maximum absolute atomic E-state index is 12.9. The summed E-state index contributed by atoms with van der Waals surface area (Å²) in [5.74, 6) is -0.530. The molecule has 0 spiro atoms. The first-order chi connectivity index (χ1) is 11.7. The zero-order valence-corrected chi connectivity index (χ0v) is 12.7. The largest absolute Gasteiger partial charge is 0.507 e. The number of aromatic hydroxyl groups is 2. The molecule has 4 rings (SSSR count). The van der Waals surface area contributed by atoms with Gasteiger partial charge in [0.1, 0.15) is 11.5 Å². The van der Waals surface area contributed by atoms with Crippen LogP contribution in [0, 0.1) is 0 Å². The second-order valence-electron chi connectivity index (χ2n) is 5.69. The van der Waals surface area contributed by atoms with E-state index in [-0.39, 0.29) is 22.6 Å². The molecule has 0 heterocycles. The fourth-order valence-corrected chi connectivity index (χ4v) is 3.02. The lowest BCUT2D eigenvalue weighted by Crippen LogP contribution is -2.02. The molecule has 3 heteroatoms. The lowest BCUT2D eigenvalue weighted by Gasteiger charge is -2.10. The first-order valence-electron chi connectivity index (χ1n) is 7.63. The summed E-state index contributed by atoms with van der Waals surface area (Å²) in [5, 5.41) is 23.9. The van der Waals surface area contributed by atoms with E-state index in [0.29, 0.717) is 10.8 Å². The Morgan fingerprint density at radius 3 is 1.46 bits per heavy atom. The molecule has 0 fully saturated rings. The van der Waals surface area contributed by atoms with Crippen LogP contribution in [-0.4, -0.2) is 16.0 Å². The van der Waals surface area contributed by atoms with Gasteiger partial charge >= 0.3 is 0 Å². The number of benzene rings is 4. The van der Waals surface area contributed by atoms with Crippen molar-refractivity contribution in [2.45, 2.75) is 0 Å². The van der Waals surface area contributed by atoms with Crippen LogP contribution in [0.1, 0.15) is 15.9 Å². The van der Waals surface area contributed by atoms with Crippen molar-refractivity contribution in [3.05, 3.63) is 83.9 Å². The third-order valence-corrected chi connectivity index (χ3v) is 4.29. The van der Waals surface area contributed by atoms with Crippen LogP contribution in [0.3, 0.4) is 0 Å². The van der Waals surface area contributed by atoms with Crippen LogP contribution in [-0.2, 0) is 0 Å². The molecule has 0 unspecified atom stereocenters. The van der Waals surface area contributed by atoms with Gasteiger partial charge in [-0.3, -0.25) is 4.79 Å². The first-order valence-corrected chi connectivity index (χ1v) is 7.63. The highest BCUT2D eigenvalue weighted by Crippen LogP contribution is 2.34. The molecule has 0 atom stereocenters. The summed E-state index contributed by atoms with van der Waals surface area (Å²) in [6, 6.07) is 21.4. The number of hydrogen-bond acceptors (Lipinski definition) is 3. The van der Waals surface area contributed by atoms with Crippen LogP contribution < -0.4 is 0 Å². The Hall–Kier alpha value is -3.33. The number of hydrogen-bond donors (Lipinski definition) is 2. The SMILES string of the molecule is O=C(c1ccc2ccccc2c1O)c1ccc2ccccc2c1O. The quantitative estimate of drug-likeness (QED) is 0.530. The van der Waals surface area contributed by atoms with Gasteiger partial charge in [-0.2, -0.15) is 0 Å². The van der Waals surface area contributed by atoms with Crippen molar-refractivity contribution in [3.63, 3.8) is 0 Å². The van der Waals surface area contributed by atoms with Gasteiger partial charge in [0.2, 0.25) is 5.78 Å². The number of ketones is 1. The van der Waals surface area contributed by atoms with Crippen molar-refractivity contribution < 1.29 is 15.0 Å². The van der Waals surface area contributed by atoms with Gasteiger partial charge in [0.15, 0.2) is 0 Å². The maximum Gasteiger partial charge on any atom is 0.200 e. The Kier molecular flexibility index (Phi) is 3.21. The Labute approximate surface area is 138 Å². The lowest BCUT2D eigenvalue weighted by atomic mass is 9.96. The average Bonchev–Trinajstić information content (AvgIpc) is 2.62. The van der Waals surface area contributed by atoms with Crippen LogP contribution in [0.15, 0.2) is 72.8 Å². The highest BCUT2D eigenvalue weighted by Gasteiger charge is 2.19. The Morgan fingerprint density at radius 2 is 1.00 bits per heavy atom. The Morgan fingerprint density at radius 1 is 0.583 bits per heavy atom. The molecule has 0 amide bonds. The number of phenols is 2. The van der Waals surface area contributed by atoms with Crippen LogP contribution in [0.25, 0.3) is 21.5 Å². The Balaban J connectivity index is 1.91. The van der Waals surface area contributed by atoms with E-state index in [9.17, 15) is 15.0 Å². The molecule has 0 bridgehead atoms. The van der Waals surface area contributed by atoms with Crippen molar-refractivity contribution in [2.24, 2.45) is 0 Å². The van der Waals surface area contributed by atoms with Crippen LogP contribution in [0.2, 0.25) is 0 Å². The summed E-state index contributed by atoms with van der Waals surface area (Å²) in [7, 11) is 0. The molecule has 3 nitrogen and oxygen atoms in total. The van der Waals surface area contributed by atoms with Crippen molar-refractivity contribution in [3.8, 4) is 11.5 Å². The number of phenolic OH excluding ortho intramolecular Hbond substituents is 2. The molecule has 0 radical (unpaired) electrons. The second kappa shape index (κ2) is 5.39. The van der Waals surface area contributed by atoms with Crippen LogP contribution in [0.5, 0.6) is 11.5 Å². The van der Waals surface area contributed by atoms with Crippen LogP contribution >= 0.6 is 0 Å². The minimum Gasteiger partial charge on any atom is -0.507 e. The number of carbonyl (C=O) groups excluding carboxylic acids is 1. The molecule has 0 aliphatic carbocycles. The summed E-state index contributed by atoms with van der Waals surface area (Å²) in [6.45, 7) is 0. The molecule has 2 N–H and O–H groups in total. The molecule has 0 saturated carbocycles. The molecular formula is C21H14O3. The van der Waals surface area contributed by atoms with E-state index < -0.39 is 5.78 Å². The third kappa shape index (κ3) is 2.10. The topological polar surface area (TPSA) is 57.5 Å². The van der Waals surface area contributed by atoms with E-state index in [1.54, 1.807) is 36.4 Å². The highest BCUT2D eigenvalue weighted by molar-refractivity contribution is 6.16. The van der Waals surface area contributed by atoms with E-state index in [0.717, 1.165) is 10.8 Å².